The summed E-state index contributed by atoms with van der Waals surface area (Å²) in [5, 5.41) is 11.9. The second-order valence-corrected chi connectivity index (χ2v) is 9.49. The van der Waals surface area contributed by atoms with Crippen LogP contribution in [0, 0.1) is 17.2 Å². The minimum absolute atomic E-state index is 0.0651. The Hall–Kier alpha value is -2.89. The summed E-state index contributed by atoms with van der Waals surface area (Å²) in [7, 11) is -3.63. The number of carbonyl (C=O) groups excluding carboxylic acids is 1. The Bertz CT molecular complexity index is 1050. The molecule has 2 aromatic rings. The van der Waals surface area contributed by atoms with Crippen molar-refractivity contribution in [2.75, 3.05) is 19.7 Å². The Morgan fingerprint density at radius 1 is 1.23 bits per heavy atom. The zero-order valence-corrected chi connectivity index (χ0v) is 18.6. The highest BCUT2D eigenvalue weighted by atomic mass is 32.2. The van der Waals surface area contributed by atoms with Gasteiger partial charge in [-0.2, -0.15) is 9.57 Å². The monoisotopic (exact) mass is 441 g/mol. The van der Waals surface area contributed by atoms with E-state index in [4.69, 9.17) is 10.00 Å². The average Bonchev–Trinajstić information content (AvgIpc) is 2.79. The van der Waals surface area contributed by atoms with E-state index in [1.807, 2.05) is 44.2 Å². The highest BCUT2D eigenvalue weighted by Gasteiger charge is 2.32. The van der Waals surface area contributed by atoms with E-state index in [1.165, 1.54) is 28.6 Å². The lowest BCUT2D eigenvalue weighted by Gasteiger charge is -2.31. The van der Waals surface area contributed by atoms with Crippen molar-refractivity contribution in [1.29, 1.82) is 5.26 Å². The number of hydrogen-bond donors (Lipinski definition) is 1. The number of piperidine rings is 1. The molecule has 0 bridgehead atoms. The first-order valence-corrected chi connectivity index (χ1v) is 11.8. The normalized spacial score (nSPS) is 16.3. The summed E-state index contributed by atoms with van der Waals surface area (Å²) >= 11 is 0. The van der Waals surface area contributed by atoms with Gasteiger partial charge in [0.15, 0.2) is 0 Å². The zero-order valence-electron chi connectivity index (χ0n) is 17.7. The van der Waals surface area contributed by atoms with Gasteiger partial charge < -0.3 is 10.1 Å². The molecule has 0 spiro atoms. The van der Waals surface area contributed by atoms with Crippen molar-refractivity contribution in [3.8, 4) is 11.8 Å². The Balaban J connectivity index is 1.58. The standard InChI is InChI=1S/C23H27N3O4S/c1-3-30-21-6-4-5-20(15-21)17(2)25-23(27)19-11-13-26(14-12-19)31(28,29)22-9-7-18(16-24)8-10-22/h4-10,15,17,19H,3,11-14H2,1-2H3,(H,25,27). The van der Waals surface area contributed by atoms with Crippen LogP contribution in [0.5, 0.6) is 5.75 Å². The second kappa shape index (κ2) is 9.94. The van der Waals surface area contributed by atoms with Crippen LogP contribution in [-0.4, -0.2) is 38.3 Å². The van der Waals surface area contributed by atoms with Gasteiger partial charge in [0.25, 0.3) is 0 Å². The molecular formula is C23H27N3O4S. The maximum Gasteiger partial charge on any atom is 0.243 e. The van der Waals surface area contributed by atoms with E-state index in [2.05, 4.69) is 5.32 Å². The average molecular weight is 442 g/mol. The number of ether oxygens (including phenoxy) is 1. The largest absolute Gasteiger partial charge is 0.494 e. The molecule has 2 aromatic carbocycles. The smallest absolute Gasteiger partial charge is 0.243 e. The maximum atomic E-state index is 12.8. The van der Waals surface area contributed by atoms with Gasteiger partial charge in [0.1, 0.15) is 5.75 Å². The van der Waals surface area contributed by atoms with Gasteiger partial charge in [-0.3, -0.25) is 4.79 Å². The van der Waals surface area contributed by atoms with Crippen LogP contribution in [0.2, 0.25) is 0 Å². The number of sulfonamides is 1. The van der Waals surface area contributed by atoms with Crippen molar-refractivity contribution >= 4 is 15.9 Å². The molecular weight excluding hydrogens is 414 g/mol. The van der Waals surface area contributed by atoms with Gasteiger partial charge in [-0.15, -0.1) is 0 Å². The van der Waals surface area contributed by atoms with Crippen LogP contribution in [0.4, 0.5) is 0 Å². The molecule has 0 saturated carbocycles. The molecule has 8 heteroatoms. The molecule has 1 atom stereocenters. The Kier molecular flexibility index (Phi) is 7.31. The van der Waals surface area contributed by atoms with Gasteiger partial charge in [0.2, 0.25) is 15.9 Å². The molecule has 0 radical (unpaired) electrons. The van der Waals surface area contributed by atoms with Crippen LogP contribution in [0.15, 0.2) is 53.4 Å². The summed E-state index contributed by atoms with van der Waals surface area (Å²) in [6.45, 7) is 5.00. The summed E-state index contributed by atoms with van der Waals surface area (Å²) in [4.78, 5) is 12.9. The predicted molar refractivity (Wildman–Crippen MR) is 117 cm³/mol. The van der Waals surface area contributed by atoms with Crippen LogP contribution < -0.4 is 10.1 Å². The van der Waals surface area contributed by atoms with Crippen LogP contribution >= 0.6 is 0 Å². The zero-order chi connectivity index (χ0) is 22.4. The molecule has 164 valence electrons. The number of benzene rings is 2. The topological polar surface area (TPSA) is 99.5 Å². The summed E-state index contributed by atoms with van der Waals surface area (Å²) in [6.07, 6.45) is 0.931. The summed E-state index contributed by atoms with van der Waals surface area (Å²) in [5.74, 6) is 0.470. The van der Waals surface area contributed by atoms with Crippen LogP contribution in [0.3, 0.4) is 0 Å². The number of nitriles is 1. The van der Waals surface area contributed by atoms with Gasteiger partial charge in [-0.1, -0.05) is 12.1 Å². The molecule has 1 fully saturated rings. The lowest BCUT2D eigenvalue weighted by atomic mass is 9.96. The van der Waals surface area contributed by atoms with Crippen molar-refractivity contribution < 1.29 is 17.9 Å². The molecule has 3 rings (SSSR count). The first kappa shape index (κ1) is 22.8. The van der Waals surface area contributed by atoms with Gasteiger partial charge in [-0.05, 0) is 68.7 Å². The molecule has 31 heavy (non-hydrogen) atoms. The van der Waals surface area contributed by atoms with Gasteiger partial charge >= 0.3 is 0 Å². The summed E-state index contributed by atoms with van der Waals surface area (Å²) < 4.78 is 32.6. The third-order valence-corrected chi connectivity index (χ3v) is 7.39. The highest BCUT2D eigenvalue weighted by Crippen LogP contribution is 2.25. The quantitative estimate of drug-likeness (QED) is 0.711. The minimum Gasteiger partial charge on any atom is -0.494 e. The molecule has 7 nitrogen and oxygen atoms in total. The van der Waals surface area contributed by atoms with E-state index in [0.717, 1.165) is 11.3 Å². The third kappa shape index (κ3) is 5.43. The van der Waals surface area contributed by atoms with Crippen molar-refractivity contribution in [3.63, 3.8) is 0 Å². The van der Waals surface area contributed by atoms with Crippen molar-refractivity contribution in [2.45, 2.75) is 37.6 Å². The van der Waals surface area contributed by atoms with Crippen LogP contribution in [0.1, 0.15) is 43.9 Å². The predicted octanol–water partition coefficient (Wildman–Crippen LogP) is 3.24. The van der Waals surface area contributed by atoms with E-state index in [0.29, 0.717) is 25.0 Å². The molecule has 0 aliphatic carbocycles. The molecule has 1 N–H and O–H groups in total. The Labute approximate surface area is 183 Å². The fourth-order valence-electron chi connectivity index (χ4n) is 3.66. The van der Waals surface area contributed by atoms with E-state index >= 15 is 0 Å². The number of nitrogens with one attached hydrogen (secondary N) is 1. The lowest BCUT2D eigenvalue weighted by molar-refractivity contribution is -0.126. The maximum absolute atomic E-state index is 12.8. The van der Waals surface area contributed by atoms with E-state index < -0.39 is 10.0 Å². The Morgan fingerprint density at radius 3 is 2.52 bits per heavy atom. The third-order valence-electron chi connectivity index (χ3n) is 5.47. The molecule has 1 unspecified atom stereocenters. The Morgan fingerprint density at radius 2 is 1.90 bits per heavy atom. The fourth-order valence-corrected chi connectivity index (χ4v) is 5.13. The summed E-state index contributed by atoms with van der Waals surface area (Å²) in [6, 6.07) is 15.3. The summed E-state index contributed by atoms with van der Waals surface area (Å²) in [5.41, 5.74) is 1.37. The minimum atomic E-state index is -3.63. The van der Waals surface area contributed by atoms with Crippen molar-refractivity contribution in [1.82, 2.24) is 9.62 Å². The molecule has 1 saturated heterocycles. The number of nitrogens with zero attached hydrogens (tertiary/aromatic N) is 2. The van der Waals surface area contributed by atoms with Crippen LogP contribution in [-0.2, 0) is 14.8 Å². The fraction of sp³-hybridized carbons (Fsp3) is 0.391. The lowest BCUT2D eigenvalue weighted by Crippen LogP contribution is -2.43. The first-order chi connectivity index (χ1) is 14.8. The molecule has 0 aromatic heterocycles. The number of amides is 1. The molecule has 1 aliphatic rings. The van der Waals surface area contributed by atoms with E-state index in [-0.39, 0.29) is 35.9 Å². The van der Waals surface area contributed by atoms with Crippen LogP contribution in [0.25, 0.3) is 0 Å². The SMILES string of the molecule is CCOc1cccc(C(C)NC(=O)C2CCN(S(=O)(=O)c3ccc(C#N)cc3)CC2)c1. The number of hydrogen-bond acceptors (Lipinski definition) is 5. The van der Waals surface area contributed by atoms with Gasteiger partial charge in [0.05, 0.1) is 29.2 Å². The number of rotatable bonds is 7. The first-order valence-electron chi connectivity index (χ1n) is 10.4. The molecule has 1 amide bonds. The van der Waals surface area contributed by atoms with Crippen molar-refractivity contribution in [3.05, 3.63) is 59.7 Å². The molecule has 1 aliphatic heterocycles. The van der Waals surface area contributed by atoms with Crippen molar-refractivity contribution in [2.24, 2.45) is 5.92 Å². The van der Waals surface area contributed by atoms with E-state index in [9.17, 15) is 13.2 Å². The second-order valence-electron chi connectivity index (χ2n) is 7.55. The highest BCUT2D eigenvalue weighted by molar-refractivity contribution is 7.89. The number of carbonyl (C=O) groups is 1. The van der Waals surface area contributed by atoms with E-state index in [1.54, 1.807) is 0 Å². The van der Waals surface area contributed by atoms with Gasteiger partial charge in [0, 0.05) is 19.0 Å². The van der Waals surface area contributed by atoms with Gasteiger partial charge in [-0.25, -0.2) is 8.42 Å². The molecule has 1 heterocycles.